The largest absolute Gasteiger partial charge is 0.496 e. The Morgan fingerprint density at radius 2 is 0.710 bits per heavy atom. The molecule has 0 spiro atoms. The van der Waals surface area contributed by atoms with E-state index in [1.807, 2.05) is 12.1 Å². The number of benzene rings is 6. The third-order valence-electron chi connectivity index (χ3n) is 14.5. The standard InChI is InChI=1S/2C28H32N2O/c2*1-31-25-15-9-8-14-24(25)20-29-27-23-16-18-30(19-17-23)28(27)26(21-10-4-2-5-11-21)22-12-6-3-7-13-22/h2*2-15,23,26-29H,16-20H2,1H3. The average Bonchev–Trinajstić information content (AvgIpc) is 3.36. The topological polar surface area (TPSA) is 49.0 Å². The van der Waals surface area contributed by atoms with Crippen LogP contribution in [0.4, 0.5) is 0 Å². The SMILES string of the molecule is COc1ccccc1CNC1C2CCN(CC2)C1C(c1ccccc1)c1ccccc1.COc1ccccc1CNC1C2CCN(CC2)C1C(c1ccccc1)c1ccccc1. The molecule has 4 atom stereocenters. The highest BCUT2D eigenvalue weighted by Gasteiger charge is 2.47. The molecule has 6 saturated heterocycles. The minimum atomic E-state index is 0.362. The summed E-state index contributed by atoms with van der Waals surface area (Å²) in [5.74, 6) is 4.10. The Morgan fingerprint density at radius 1 is 0.419 bits per heavy atom. The number of hydrogen-bond acceptors (Lipinski definition) is 6. The normalized spacial score (nSPS) is 25.0. The third kappa shape index (κ3) is 9.26. The number of para-hydroxylation sites is 2. The Kier molecular flexibility index (Phi) is 13.8. The molecule has 0 radical (unpaired) electrons. The van der Waals surface area contributed by atoms with Crippen LogP contribution < -0.4 is 20.1 Å². The van der Waals surface area contributed by atoms with Gasteiger partial charge >= 0.3 is 0 Å². The van der Waals surface area contributed by atoms with Crippen LogP contribution in [0, 0.1) is 11.8 Å². The molecule has 0 amide bonds. The van der Waals surface area contributed by atoms with Crippen molar-refractivity contribution in [2.45, 2.75) is 74.8 Å². The molecule has 6 fully saturated rings. The van der Waals surface area contributed by atoms with Crippen LogP contribution in [0.1, 0.15) is 70.9 Å². The van der Waals surface area contributed by atoms with Gasteiger partial charge in [0, 0.05) is 60.2 Å². The fraction of sp³-hybridized carbons (Fsp3) is 0.357. The minimum absolute atomic E-state index is 0.362. The first kappa shape index (κ1) is 42.1. The first-order chi connectivity index (χ1) is 30.7. The Bertz CT molecular complexity index is 2020. The second kappa shape index (κ2) is 20.3. The highest BCUT2D eigenvalue weighted by molar-refractivity contribution is 5.39. The lowest BCUT2D eigenvalue weighted by molar-refractivity contribution is 0.00462. The van der Waals surface area contributed by atoms with E-state index in [4.69, 9.17) is 9.47 Å². The molecular formula is C56H64N4O2. The Labute approximate surface area is 370 Å². The molecule has 0 aliphatic carbocycles. The van der Waals surface area contributed by atoms with Gasteiger partial charge in [-0.15, -0.1) is 0 Å². The van der Waals surface area contributed by atoms with E-state index in [-0.39, 0.29) is 0 Å². The van der Waals surface area contributed by atoms with Gasteiger partial charge in [0.15, 0.2) is 0 Å². The fourth-order valence-electron chi connectivity index (χ4n) is 11.5. The van der Waals surface area contributed by atoms with E-state index in [1.54, 1.807) is 14.2 Å². The summed E-state index contributed by atoms with van der Waals surface area (Å²) in [6.45, 7) is 6.50. The molecule has 6 aliphatic heterocycles. The van der Waals surface area contributed by atoms with Crippen LogP contribution in [0.15, 0.2) is 170 Å². The highest BCUT2D eigenvalue weighted by Crippen LogP contribution is 2.44. The lowest BCUT2D eigenvalue weighted by Gasteiger charge is -2.54. The summed E-state index contributed by atoms with van der Waals surface area (Å²) in [7, 11) is 3.52. The average molecular weight is 825 g/mol. The molecule has 6 heteroatoms. The molecule has 0 saturated carbocycles. The molecule has 6 aliphatic rings. The van der Waals surface area contributed by atoms with Gasteiger partial charge in [0.2, 0.25) is 0 Å². The van der Waals surface area contributed by atoms with E-state index in [2.05, 4.69) is 178 Å². The quantitative estimate of drug-likeness (QED) is 0.114. The van der Waals surface area contributed by atoms with Gasteiger partial charge in [0.25, 0.3) is 0 Å². The predicted octanol–water partition coefficient (Wildman–Crippen LogP) is 10.2. The molecule has 0 aromatic heterocycles. The van der Waals surface area contributed by atoms with Crippen molar-refractivity contribution in [3.63, 3.8) is 0 Å². The van der Waals surface area contributed by atoms with Gasteiger partial charge < -0.3 is 20.1 Å². The summed E-state index contributed by atoms with van der Waals surface area (Å²) in [6, 6.07) is 62.9. The molecule has 12 rings (SSSR count). The fourth-order valence-corrected chi connectivity index (χ4v) is 11.5. The summed E-state index contributed by atoms with van der Waals surface area (Å²) in [5, 5.41) is 7.98. The van der Waals surface area contributed by atoms with E-state index >= 15 is 0 Å². The molecule has 2 N–H and O–H groups in total. The van der Waals surface area contributed by atoms with Crippen molar-refractivity contribution in [2.24, 2.45) is 11.8 Å². The predicted molar refractivity (Wildman–Crippen MR) is 253 cm³/mol. The molecule has 6 heterocycles. The van der Waals surface area contributed by atoms with Crippen LogP contribution >= 0.6 is 0 Å². The van der Waals surface area contributed by atoms with Gasteiger partial charge in [0.1, 0.15) is 11.5 Å². The van der Waals surface area contributed by atoms with Crippen molar-refractivity contribution in [1.82, 2.24) is 20.4 Å². The Morgan fingerprint density at radius 3 is 1.02 bits per heavy atom. The van der Waals surface area contributed by atoms with Gasteiger partial charge in [-0.2, -0.15) is 0 Å². The van der Waals surface area contributed by atoms with Crippen LogP contribution in [0.2, 0.25) is 0 Å². The van der Waals surface area contributed by atoms with Crippen molar-refractivity contribution in [3.05, 3.63) is 203 Å². The summed E-state index contributed by atoms with van der Waals surface area (Å²) in [5.41, 5.74) is 8.11. The Hall–Kier alpha value is -5.24. The molecule has 62 heavy (non-hydrogen) atoms. The number of hydrogen-bond donors (Lipinski definition) is 2. The highest BCUT2D eigenvalue weighted by atomic mass is 16.5. The molecule has 4 unspecified atom stereocenters. The van der Waals surface area contributed by atoms with Crippen molar-refractivity contribution >= 4 is 0 Å². The maximum Gasteiger partial charge on any atom is 0.123 e. The second-order valence-electron chi connectivity index (χ2n) is 17.8. The maximum atomic E-state index is 5.61. The zero-order valence-corrected chi connectivity index (χ0v) is 36.6. The van der Waals surface area contributed by atoms with Crippen LogP contribution in [-0.4, -0.2) is 74.4 Å². The van der Waals surface area contributed by atoms with Crippen molar-refractivity contribution < 1.29 is 9.47 Å². The lowest BCUT2D eigenvalue weighted by Crippen LogP contribution is -2.64. The molecule has 6 aromatic carbocycles. The lowest BCUT2D eigenvalue weighted by atomic mass is 9.70. The number of fused-ring (bicyclic) bond motifs is 6. The van der Waals surface area contributed by atoms with Gasteiger partial charge in [0.05, 0.1) is 14.2 Å². The van der Waals surface area contributed by atoms with Crippen LogP contribution in [0.25, 0.3) is 0 Å². The summed E-state index contributed by atoms with van der Waals surface area (Å²) < 4.78 is 11.2. The van der Waals surface area contributed by atoms with Crippen LogP contribution in [0.5, 0.6) is 11.5 Å². The number of methoxy groups -OCH3 is 2. The number of nitrogens with one attached hydrogen (secondary N) is 2. The van der Waals surface area contributed by atoms with Gasteiger partial charge in [-0.05, 0) is 98.1 Å². The third-order valence-corrected chi connectivity index (χ3v) is 14.5. The van der Waals surface area contributed by atoms with Gasteiger partial charge in [-0.3, -0.25) is 9.80 Å². The Balaban J connectivity index is 0.000000158. The molecule has 320 valence electrons. The summed E-state index contributed by atoms with van der Waals surface area (Å²) >= 11 is 0. The first-order valence-electron chi connectivity index (χ1n) is 23.1. The minimum Gasteiger partial charge on any atom is -0.496 e. The smallest absolute Gasteiger partial charge is 0.123 e. The molecule has 6 aromatic rings. The van der Waals surface area contributed by atoms with Crippen molar-refractivity contribution in [1.29, 1.82) is 0 Å². The van der Waals surface area contributed by atoms with E-state index in [0.29, 0.717) is 36.0 Å². The van der Waals surface area contributed by atoms with E-state index < -0.39 is 0 Å². The van der Waals surface area contributed by atoms with Crippen molar-refractivity contribution in [2.75, 3.05) is 40.4 Å². The van der Waals surface area contributed by atoms with E-state index in [0.717, 1.165) is 36.4 Å². The number of rotatable bonds is 14. The van der Waals surface area contributed by atoms with Crippen LogP contribution in [-0.2, 0) is 13.1 Å². The monoisotopic (exact) mass is 825 g/mol. The molecule has 6 nitrogen and oxygen atoms in total. The second-order valence-corrected chi connectivity index (χ2v) is 17.8. The zero-order valence-electron chi connectivity index (χ0n) is 36.6. The van der Waals surface area contributed by atoms with E-state index in [1.165, 1.54) is 85.2 Å². The summed E-state index contributed by atoms with van der Waals surface area (Å²) in [4.78, 5) is 5.48. The maximum absolute atomic E-state index is 5.61. The van der Waals surface area contributed by atoms with Gasteiger partial charge in [-0.1, -0.05) is 158 Å². The number of piperidine rings is 6. The molecule has 4 bridgehead atoms. The molecular weight excluding hydrogens is 761 g/mol. The van der Waals surface area contributed by atoms with E-state index in [9.17, 15) is 0 Å². The zero-order chi connectivity index (χ0) is 42.1. The number of nitrogens with zero attached hydrogens (tertiary/aromatic N) is 2. The first-order valence-corrected chi connectivity index (χ1v) is 23.1. The van der Waals surface area contributed by atoms with Crippen molar-refractivity contribution in [3.8, 4) is 11.5 Å². The van der Waals surface area contributed by atoms with Gasteiger partial charge in [-0.25, -0.2) is 0 Å². The van der Waals surface area contributed by atoms with Crippen LogP contribution in [0.3, 0.4) is 0 Å². The number of ether oxygens (including phenoxy) is 2. The summed E-state index contributed by atoms with van der Waals surface area (Å²) in [6.07, 6.45) is 5.15.